The molecule has 2 aliphatic rings. The fourth-order valence-corrected chi connectivity index (χ4v) is 2.66. The van der Waals surface area contributed by atoms with Crippen molar-refractivity contribution in [1.29, 1.82) is 0 Å². The van der Waals surface area contributed by atoms with Crippen LogP contribution in [0.1, 0.15) is 42.2 Å². The molecule has 2 aliphatic carbocycles. The monoisotopic (exact) mass is 142 g/mol. The molecule has 0 heterocycles. The molecule has 11 heavy (non-hydrogen) atoms. The zero-order valence-corrected chi connectivity index (χ0v) is 6.43. The zero-order chi connectivity index (χ0) is 7.26. The summed E-state index contributed by atoms with van der Waals surface area (Å²) in [5.41, 5.74) is 3.14. The van der Waals surface area contributed by atoms with Crippen molar-refractivity contribution in [3.8, 4) is 0 Å². The van der Waals surface area contributed by atoms with E-state index in [0.29, 0.717) is 0 Å². The van der Waals surface area contributed by atoms with E-state index in [9.17, 15) is 0 Å². The molecule has 1 saturated carbocycles. The smallest absolute Gasteiger partial charge is 0.00773 e. The van der Waals surface area contributed by atoms with E-state index >= 15 is 0 Å². The molecule has 0 unspecified atom stereocenters. The minimum Gasteiger partial charge on any atom is -0.0699 e. The van der Waals surface area contributed by atoms with E-state index in [-0.39, 0.29) is 0 Å². The quantitative estimate of drug-likeness (QED) is 0.522. The first-order valence-electron chi connectivity index (χ1n) is 4.37. The summed E-state index contributed by atoms with van der Waals surface area (Å²) in [5.74, 6) is 1.75. The highest BCUT2D eigenvalue weighted by molar-refractivity contribution is 5.38. The van der Waals surface area contributed by atoms with Gasteiger partial charge in [-0.15, -0.1) is 0 Å². The number of hydrogen-bond donors (Lipinski definition) is 0. The van der Waals surface area contributed by atoms with E-state index in [1.165, 1.54) is 19.3 Å². The van der Waals surface area contributed by atoms with Crippen LogP contribution in [-0.2, 0) is 0 Å². The molecule has 3 rings (SSSR count). The van der Waals surface area contributed by atoms with Gasteiger partial charge in [-0.05, 0) is 54.4 Å². The average Bonchev–Trinajstić information content (AvgIpc) is 2.64. The molecule has 0 amide bonds. The van der Waals surface area contributed by atoms with E-state index in [4.69, 9.17) is 0 Å². The van der Waals surface area contributed by atoms with E-state index < -0.39 is 0 Å². The lowest BCUT2D eigenvalue weighted by molar-refractivity contribution is 0.718. The maximum atomic E-state index is 3.05. The molecule has 2 bridgehead atoms. The average molecular weight is 142 g/mol. The first kappa shape index (κ1) is 5.66. The lowest BCUT2D eigenvalue weighted by atomic mass is 9.93. The summed E-state index contributed by atoms with van der Waals surface area (Å²) in [6, 6.07) is 10.4. The molecule has 0 aliphatic heterocycles. The fraction of sp³-hybridized carbons (Fsp3) is 0.455. The summed E-state index contributed by atoms with van der Waals surface area (Å²) < 4.78 is 0. The third-order valence-electron chi connectivity index (χ3n) is 3.18. The molecule has 1 aromatic rings. The van der Waals surface area contributed by atoms with Crippen LogP contribution in [0.2, 0.25) is 0 Å². The standard InChI is InChI=1S/C11H10/c1-2-4-11-9-6-5-8(7-9)10(11)3-1/h3-4,8-9H,5-7H2/t8-,9+. The molecule has 2 atom stereocenters. The molecule has 54 valence electrons. The highest BCUT2D eigenvalue weighted by atomic mass is 14.4. The van der Waals surface area contributed by atoms with E-state index in [0.717, 1.165) is 11.8 Å². The van der Waals surface area contributed by atoms with Gasteiger partial charge in [0, 0.05) is 0 Å². The fourth-order valence-electron chi connectivity index (χ4n) is 2.66. The first-order valence-corrected chi connectivity index (χ1v) is 4.37. The lowest BCUT2D eigenvalue weighted by Gasteiger charge is -2.11. The normalized spacial score (nSPS) is 31.6. The van der Waals surface area contributed by atoms with Gasteiger partial charge in [-0.1, -0.05) is 12.1 Å². The van der Waals surface area contributed by atoms with Crippen LogP contribution in [-0.4, -0.2) is 0 Å². The van der Waals surface area contributed by atoms with Gasteiger partial charge in [-0.25, -0.2) is 0 Å². The Morgan fingerprint density at radius 2 is 1.55 bits per heavy atom. The Morgan fingerprint density at radius 1 is 1.00 bits per heavy atom. The van der Waals surface area contributed by atoms with Crippen LogP contribution in [0.25, 0.3) is 0 Å². The second kappa shape index (κ2) is 1.80. The molecule has 0 spiro atoms. The van der Waals surface area contributed by atoms with Gasteiger partial charge in [0.15, 0.2) is 0 Å². The summed E-state index contributed by atoms with van der Waals surface area (Å²) in [7, 11) is 0. The summed E-state index contributed by atoms with van der Waals surface area (Å²) in [6.07, 6.45) is 4.23. The Balaban J connectivity index is 2.23. The van der Waals surface area contributed by atoms with Crippen LogP contribution in [0.3, 0.4) is 0 Å². The van der Waals surface area contributed by atoms with Crippen molar-refractivity contribution in [3.63, 3.8) is 0 Å². The molecular formula is C11H10. The van der Waals surface area contributed by atoms with Crippen molar-refractivity contribution in [3.05, 3.63) is 35.4 Å². The van der Waals surface area contributed by atoms with Crippen LogP contribution >= 0.6 is 0 Å². The van der Waals surface area contributed by atoms with Crippen LogP contribution in [0.4, 0.5) is 0 Å². The Kier molecular flexibility index (Phi) is 0.924. The molecule has 0 radical (unpaired) electrons. The number of fused-ring (bicyclic) bond motifs is 5. The van der Waals surface area contributed by atoms with Gasteiger partial charge in [-0.2, -0.15) is 0 Å². The van der Waals surface area contributed by atoms with Crippen molar-refractivity contribution >= 4 is 0 Å². The van der Waals surface area contributed by atoms with Gasteiger partial charge in [0.25, 0.3) is 0 Å². The number of hydrogen-bond acceptors (Lipinski definition) is 0. The molecule has 0 nitrogen and oxygen atoms in total. The molecular weight excluding hydrogens is 132 g/mol. The molecule has 0 saturated heterocycles. The predicted octanol–water partition coefficient (Wildman–Crippen LogP) is 2.65. The summed E-state index contributed by atoms with van der Waals surface area (Å²) in [5, 5.41) is 0. The van der Waals surface area contributed by atoms with E-state index in [2.05, 4.69) is 24.3 Å². The minimum atomic E-state index is 0.876. The molecule has 0 aromatic heterocycles. The second-order valence-corrected chi connectivity index (χ2v) is 3.69. The number of rotatable bonds is 0. The molecule has 0 N–H and O–H groups in total. The van der Waals surface area contributed by atoms with Gasteiger partial charge >= 0.3 is 0 Å². The van der Waals surface area contributed by atoms with Crippen molar-refractivity contribution in [2.45, 2.75) is 31.1 Å². The second-order valence-electron chi connectivity index (χ2n) is 3.69. The Hall–Kier alpha value is -0.960. The highest BCUT2D eigenvalue weighted by Gasteiger charge is 2.36. The third-order valence-corrected chi connectivity index (χ3v) is 3.18. The summed E-state index contributed by atoms with van der Waals surface area (Å²) in [4.78, 5) is 0. The zero-order valence-electron chi connectivity index (χ0n) is 6.43. The van der Waals surface area contributed by atoms with Gasteiger partial charge in [0.05, 0.1) is 0 Å². The molecule has 1 aromatic carbocycles. The van der Waals surface area contributed by atoms with Gasteiger partial charge in [0.1, 0.15) is 0 Å². The molecule has 1 fully saturated rings. The van der Waals surface area contributed by atoms with Gasteiger partial charge < -0.3 is 0 Å². The summed E-state index contributed by atoms with van der Waals surface area (Å²) >= 11 is 0. The maximum Gasteiger partial charge on any atom is -0.00773 e. The van der Waals surface area contributed by atoms with Crippen molar-refractivity contribution in [2.75, 3.05) is 0 Å². The van der Waals surface area contributed by atoms with Gasteiger partial charge in [-0.3, -0.25) is 0 Å². The van der Waals surface area contributed by atoms with Crippen molar-refractivity contribution in [2.24, 2.45) is 0 Å². The van der Waals surface area contributed by atoms with Crippen LogP contribution in [0.15, 0.2) is 12.1 Å². The SMILES string of the molecule is c1cc2c(cc#1)[C@H]1CC[C@@H]2C1. The lowest BCUT2D eigenvalue weighted by Crippen LogP contribution is -1.95. The predicted molar refractivity (Wildman–Crippen MR) is 43.4 cm³/mol. The third kappa shape index (κ3) is 0.613. The van der Waals surface area contributed by atoms with E-state index in [1.807, 2.05) is 0 Å². The largest absolute Gasteiger partial charge is 0.0699 e. The Morgan fingerprint density at radius 3 is 2.09 bits per heavy atom. The van der Waals surface area contributed by atoms with Crippen molar-refractivity contribution < 1.29 is 0 Å². The first-order chi connectivity index (χ1) is 5.45. The summed E-state index contributed by atoms with van der Waals surface area (Å²) in [6.45, 7) is 0. The topological polar surface area (TPSA) is 0 Å². The maximum absolute atomic E-state index is 3.05. The Labute approximate surface area is 67.2 Å². The van der Waals surface area contributed by atoms with Crippen LogP contribution in [0.5, 0.6) is 0 Å². The van der Waals surface area contributed by atoms with Gasteiger partial charge in [0.2, 0.25) is 0 Å². The minimum absolute atomic E-state index is 0.876. The van der Waals surface area contributed by atoms with Crippen molar-refractivity contribution in [1.82, 2.24) is 0 Å². The Bertz CT molecular complexity index is 259. The highest BCUT2D eigenvalue weighted by Crippen LogP contribution is 2.52. The molecule has 0 heteroatoms. The van der Waals surface area contributed by atoms with Crippen LogP contribution in [0, 0.1) is 12.1 Å². The van der Waals surface area contributed by atoms with E-state index in [1.54, 1.807) is 11.1 Å². The van der Waals surface area contributed by atoms with Crippen LogP contribution < -0.4 is 0 Å².